The van der Waals surface area contributed by atoms with Crippen molar-refractivity contribution in [3.63, 3.8) is 0 Å². The quantitative estimate of drug-likeness (QED) is 0.885. The third kappa shape index (κ3) is 2.66. The Bertz CT molecular complexity index is 496. The third-order valence-electron chi connectivity index (χ3n) is 2.01. The van der Waals surface area contributed by atoms with E-state index in [9.17, 15) is 8.78 Å². The zero-order chi connectivity index (χ0) is 12.3. The molecule has 2 rings (SSSR count). The highest BCUT2D eigenvalue weighted by molar-refractivity contribution is 5.26. The van der Waals surface area contributed by atoms with Crippen LogP contribution in [0.5, 0.6) is 5.75 Å². The number of nitrogens with zero attached hydrogens (tertiary/aromatic N) is 2. The molecule has 88 valence electrons. The van der Waals surface area contributed by atoms with Crippen molar-refractivity contribution in [2.75, 3.05) is 5.73 Å². The van der Waals surface area contributed by atoms with Crippen molar-refractivity contribution in [1.29, 1.82) is 0 Å². The van der Waals surface area contributed by atoms with Crippen LogP contribution in [-0.4, -0.2) is 9.97 Å². The van der Waals surface area contributed by atoms with Crippen LogP contribution in [0.3, 0.4) is 0 Å². The summed E-state index contributed by atoms with van der Waals surface area (Å²) in [5.74, 6) is -1.67. The second-order valence-electron chi connectivity index (χ2n) is 3.27. The van der Waals surface area contributed by atoms with Crippen LogP contribution < -0.4 is 10.5 Å². The fourth-order valence-corrected chi connectivity index (χ4v) is 1.21. The maximum absolute atomic E-state index is 13.2. The van der Waals surface area contributed by atoms with E-state index >= 15 is 0 Å². The Morgan fingerprint density at radius 2 is 1.82 bits per heavy atom. The lowest BCUT2D eigenvalue weighted by Crippen LogP contribution is -2.03. The maximum Gasteiger partial charge on any atom is 0.191 e. The minimum Gasteiger partial charge on any atom is -0.481 e. The van der Waals surface area contributed by atoms with E-state index in [0.29, 0.717) is 5.69 Å². The van der Waals surface area contributed by atoms with Gasteiger partial charge in [0.1, 0.15) is 12.4 Å². The Morgan fingerprint density at radius 3 is 2.41 bits per heavy atom. The first-order valence-corrected chi connectivity index (χ1v) is 4.80. The van der Waals surface area contributed by atoms with E-state index in [1.807, 2.05) is 0 Å². The summed E-state index contributed by atoms with van der Waals surface area (Å²) in [6, 6.07) is 3.50. The first-order valence-electron chi connectivity index (χ1n) is 4.80. The van der Waals surface area contributed by atoms with Gasteiger partial charge in [0.2, 0.25) is 0 Å². The minimum atomic E-state index is -0.756. The Labute approximate surface area is 96.1 Å². The number of aromatic nitrogens is 2. The van der Waals surface area contributed by atoms with Crippen molar-refractivity contribution in [3.8, 4) is 5.75 Å². The van der Waals surface area contributed by atoms with E-state index in [-0.39, 0.29) is 12.4 Å². The number of halogens is 2. The number of para-hydroxylation sites is 1. The van der Waals surface area contributed by atoms with Gasteiger partial charge in [-0.2, -0.15) is 0 Å². The second kappa shape index (κ2) is 4.73. The van der Waals surface area contributed by atoms with Crippen molar-refractivity contribution in [3.05, 3.63) is 47.9 Å². The second-order valence-corrected chi connectivity index (χ2v) is 3.27. The molecule has 0 unspecified atom stereocenters. The first-order chi connectivity index (χ1) is 8.16. The zero-order valence-electron chi connectivity index (χ0n) is 8.73. The summed E-state index contributed by atoms with van der Waals surface area (Å²) < 4.78 is 31.4. The van der Waals surface area contributed by atoms with Crippen LogP contribution in [0.4, 0.5) is 14.6 Å². The fourth-order valence-electron chi connectivity index (χ4n) is 1.21. The molecule has 0 aliphatic rings. The molecule has 0 fully saturated rings. The molecule has 1 heterocycles. The van der Waals surface area contributed by atoms with Gasteiger partial charge in [-0.05, 0) is 12.1 Å². The molecule has 2 aromatic rings. The Morgan fingerprint density at radius 1 is 1.12 bits per heavy atom. The summed E-state index contributed by atoms with van der Waals surface area (Å²) in [6.45, 7) is -0.0782. The number of rotatable bonds is 3. The average Bonchev–Trinajstić information content (AvgIpc) is 2.31. The predicted molar refractivity (Wildman–Crippen MR) is 57.1 cm³/mol. The van der Waals surface area contributed by atoms with E-state index in [4.69, 9.17) is 10.5 Å². The van der Waals surface area contributed by atoms with Crippen molar-refractivity contribution in [2.24, 2.45) is 0 Å². The van der Waals surface area contributed by atoms with Gasteiger partial charge in [-0.25, -0.2) is 13.8 Å². The molecule has 0 saturated heterocycles. The van der Waals surface area contributed by atoms with E-state index in [1.54, 1.807) is 0 Å². The largest absolute Gasteiger partial charge is 0.481 e. The van der Waals surface area contributed by atoms with Gasteiger partial charge in [0.25, 0.3) is 0 Å². The SMILES string of the molecule is Nc1cnc(COc2c(F)cccc2F)cn1. The molecule has 0 bridgehead atoms. The van der Waals surface area contributed by atoms with Crippen molar-refractivity contribution in [2.45, 2.75) is 6.61 Å². The van der Waals surface area contributed by atoms with Gasteiger partial charge < -0.3 is 10.5 Å². The normalized spacial score (nSPS) is 10.2. The highest BCUT2D eigenvalue weighted by Gasteiger charge is 2.09. The molecule has 0 radical (unpaired) electrons. The molecule has 0 spiro atoms. The molecule has 0 amide bonds. The van der Waals surface area contributed by atoms with Gasteiger partial charge in [0.15, 0.2) is 17.4 Å². The minimum absolute atomic E-state index is 0.0782. The number of hydrogen-bond acceptors (Lipinski definition) is 4. The van der Waals surface area contributed by atoms with E-state index in [0.717, 1.165) is 12.1 Å². The van der Waals surface area contributed by atoms with Gasteiger partial charge in [0, 0.05) is 0 Å². The number of hydrogen-bond donors (Lipinski definition) is 1. The summed E-state index contributed by atoms with van der Waals surface area (Å²) >= 11 is 0. The van der Waals surface area contributed by atoms with Crippen molar-refractivity contribution >= 4 is 5.82 Å². The average molecular weight is 237 g/mol. The Kier molecular flexibility index (Phi) is 3.13. The van der Waals surface area contributed by atoms with Gasteiger partial charge in [-0.15, -0.1) is 0 Å². The van der Waals surface area contributed by atoms with Crippen LogP contribution in [0.25, 0.3) is 0 Å². The van der Waals surface area contributed by atoms with Crippen LogP contribution in [0.2, 0.25) is 0 Å². The van der Waals surface area contributed by atoms with E-state index in [2.05, 4.69) is 9.97 Å². The standard InChI is InChI=1S/C11H9F2N3O/c12-8-2-1-3-9(13)11(8)17-6-7-4-16-10(14)5-15-7/h1-5H,6H2,(H2,14,16). The molecule has 1 aromatic carbocycles. The molecular formula is C11H9F2N3O. The predicted octanol–water partition coefficient (Wildman–Crippen LogP) is 1.92. The van der Waals surface area contributed by atoms with Crippen LogP contribution in [0, 0.1) is 11.6 Å². The van der Waals surface area contributed by atoms with Crippen LogP contribution in [0.15, 0.2) is 30.6 Å². The summed E-state index contributed by atoms with van der Waals surface area (Å²) in [6.07, 6.45) is 2.73. The highest BCUT2D eigenvalue weighted by Crippen LogP contribution is 2.21. The first kappa shape index (κ1) is 11.3. The fraction of sp³-hybridized carbons (Fsp3) is 0.0909. The summed E-state index contributed by atoms with van der Waals surface area (Å²) in [5.41, 5.74) is 5.78. The van der Waals surface area contributed by atoms with Gasteiger partial charge >= 0.3 is 0 Å². The van der Waals surface area contributed by atoms with Gasteiger partial charge in [-0.1, -0.05) is 6.07 Å². The van der Waals surface area contributed by atoms with Gasteiger partial charge in [0.05, 0.1) is 18.1 Å². The monoisotopic (exact) mass is 237 g/mol. The van der Waals surface area contributed by atoms with Crippen LogP contribution in [-0.2, 0) is 6.61 Å². The summed E-state index contributed by atoms with van der Waals surface area (Å²) in [7, 11) is 0. The summed E-state index contributed by atoms with van der Waals surface area (Å²) in [4.78, 5) is 7.68. The number of nitrogen functional groups attached to an aromatic ring is 1. The molecule has 4 nitrogen and oxygen atoms in total. The lowest BCUT2D eigenvalue weighted by atomic mass is 10.3. The highest BCUT2D eigenvalue weighted by atomic mass is 19.1. The molecular weight excluding hydrogens is 228 g/mol. The number of ether oxygens (including phenoxy) is 1. The van der Waals surface area contributed by atoms with Crippen LogP contribution >= 0.6 is 0 Å². The van der Waals surface area contributed by atoms with Gasteiger partial charge in [-0.3, -0.25) is 4.98 Å². The summed E-state index contributed by atoms with van der Waals surface area (Å²) in [5, 5.41) is 0. The maximum atomic E-state index is 13.2. The topological polar surface area (TPSA) is 61.0 Å². The van der Waals surface area contributed by atoms with Crippen molar-refractivity contribution in [1.82, 2.24) is 9.97 Å². The van der Waals surface area contributed by atoms with Crippen molar-refractivity contribution < 1.29 is 13.5 Å². The number of benzene rings is 1. The lowest BCUT2D eigenvalue weighted by molar-refractivity contribution is 0.270. The molecule has 0 atom stereocenters. The molecule has 0 aliphatic carbocycles. The van der Waals surface area contributed by atoms with Crippen LogP contribution in [0.1, 0.15) is 5.69 Å². The third-order valence-corrected chi connectivity index (χ3v) is 2.01. The van der Waals surface area contributed by atoms with E-state index in [1.165, 1.54) is 18.5 Å². The molecule has 6 heteroatoms. The smallest absolute Gasteiger partial charge is 0.191 e. The number of nitrogens with two attached hydrogens (primary N) is 1. The Balaban J connectivity index is 2.10. The lowest BCUT2D eigenvalue weighted by Gasteiger charge is -2.07. The van der Waals surface area contributed by atoms with E-state index < -0.39 is 17.4 Å². The zero-order valence-corrected chi connectivity index (χ0v) is 8.73. The molecule has 0 aliphatic heterocycles. The molecule has 0 saturated carbocycles. The number of anilines is 1. The Hall–Kier alpha value is -2.24. The molecule has 1 aromatic heterocycles. The molecule has 2 N–H and O–H groups in total. The molecule has 17 heavy (non-hydrogen) atoms.